The molecule has 1 saturated heterocycles. The monoisotopic (exact) mass is 403 g/mol. The van der Waals surface area contributed by atoms with Crippen LogP contribution >= 0.6 is 35.6 Å². The lowest BCUT2D eigenvalue weighted by molar-refractivity contribution is -0.121. The van der Waals surface area contributed by atoms with E-state index < -0.39 is 0 Å². The van der Waals surface area contributed by atoms with E-state index in [1.807, 2.05) is 61.5 Å². The molecule has 2 aromatic carbocycles. The predicted octanol–water partition coefficient (Wildman–Crippen LogP) is 4.68. The van der Waals surface area contributed by atoms with Gasteiger partial charge in [0.25, 0.3) is 5.91 Å². The SMILES string of the molecule is CN(C)c1ccc(C=C2SC(=S)N(CNc3cccc(Cl)c3)C2=O)cc1. The zero-order valence-electron chi connectivity index (χ0n) is 14.4. The zero-order valence-corrected chi connectivity index (χ0v) is 16.8. The number of rotatable bonds is 5. The third kappa shape index (κ3) is 4.38. The van der Waals surface area contributed by atoms with E-state index in [-0.39, 0.29) is 5.91 Å². The number of hydrogen-bond donors (Lipinski definition) is 1. The van der Waals surface area contributed by atoms with E-state index in [0.717, 1.165) is 16.9 Å². The Morgan fingerprint density at radius 3 is 2.62 bits per heavy atom. The minimum absolute atomic E-state index is 0.0915. The van der Waals surface area contributed by atoms with Crippen molar-refractivity contribution in [2.75, 3.05) is 31.0 Å². The van der Waals surface area contributed by atoms with E-state index in [1.165, 1.54) is 11.8 Å². The van der Waals surface area contributed by atoms with E-state index in [0.29, 0.717) is 20.9 Å². The normalized spacial score (nSPS) is 15.7. The molecule has 3 rings (SSSR count). The van der Waals surface area contributed by atoms with Crippen LogP contribution in [0, 0.1) is 0 Å². The van der Waals surface area contributed by atoms with Gasteiger partial charge in [-0.1, -0.05) is 53.8 Å². The number of halogens is 1. The van der Waals surface area contributed by atoms with Gasteiger partial charge in [-0.25, -0.2) is 0 Å². The van der Waals surface area contributed by atoms with Crippen molar-refractivity contribution in [3.8, 4) is 0 Å². The summed E-state index contributed by atoms with van der Waals surface area (Å²) in [6.07, 6.45) is 1.87. The van der Waals surface area contributed by atoms with E-state index in [4.69, 9.17) is 23.8 Å². The molecule has 1 N–H and O–H groups in total. The van der Waals surface area contributed by atoms with Gasteiger partial charge in [0.05, 0.1) is 11.6 Å². The number of carbonyl (C=O) groups excluding carboxylic acids is 1. The van der Waals surface area contributed by atoms with Crippen LogP contribution in [0.5, 0.6) is 0 Å². The fraction of sp³-hybridized carbons (Fsp3) is 0.158. The molecule has 0 radical (unpaired) electrons. The summed E-state index contributed by atoms with van der Waals surface area (Å²) >= 11 is 12.7. The average molecular weight is 404 g/mol. The fourth-order valence-electron chi connectivity index (χ4n) is 2.43. The van der Waals surface area contributed by atoms with Crippen molar-refractivity contribution >= 4 is 63.3 Å². The number of nitrogens with one attached hydrogen (secondary N) is 1. The maximum absolute atomic E-state index is 12.7. The summed E-state index contributed by atoms with van der Waals surface area (Å²) in [5.74, 6) is -0.0915. The van der Waals surface area contributed by atoms with Crippen molar-refractivity contribution in [3.05, 3.63) is 64.0 Å². The second kappa shape index (κ2) is 8.12. The third-order valence-corrected chi connectivity index (χ3v) is 5.46. The van der Waals surface area contributed by atoms with Crippen LogP contribution in [0.15, 0.2) is 53.4 Å². The molecule has 4 nitrogen and oxygen atoms in total. The Bertz CT molecular complexity index is 865. The summed E-state index contributed by atoms with van der Waals surface area (Å²) in [6.45, 7) is 0.307. The van der Waals surface area contributed by atoms with Gasteiger partial charge >= 0.3 is 0 Å². The van der Waals surface area contributed by atoms with Crippen molar-refractivity contribution in [2.45, 2.75) is 0 Å². The summed E-state index contributed by atoms with van der Waals surface area (Å²) in [4.78, 5) is 16.9. The first-order valence-electron chi connectivity index (χ1n) is 7.96. The number of anilines is 2. The maximum Gasteiger partial charge on any atom is 0.267 e. The Morgan fingerprint density at radius 1 is 1.23 bits per heavy atom. The van der Waals surface area contributed by atoms with Gasteiger partial charge in [0.1, 0.15) is 4.32 Å². The second-order valence-electron chi connectivity index (χ2n) is 5.94. The molecule has 0 bridgehead atoms. The first-order chi connectivity index (χ1) is 12.4. The lowest BCUT2D eigenvalue weighted by atomic mass is 10.2. The fourth-order valence-corrected chi connectivity index (χ4v) is 3.87. The quantitative estimate of drug-likeness (QED) is 0.579. The number of thiocarbonyl (C=S) groups is 1. The summed E-state index contributed by atoms with van der Waals surface area (Å²) in [5.41, 5.74) is 2.93. The first-order valence-corrected chi connectivity index (χ1v) is 9.56. The number of hydrogen-bond acceptors (Lipinski definition) is 5. The van der Waals surface area contributed by atoms with Gasteiger partial charge in [-0.3, -0.25) is 9.69 Å². The van der Waals surface area contributed by atoms with E-state index in [2.05, 4.69) is 5.32 Å². The molecule has 1 amide bonds. The van der Waals surface area contributed by atoms with Gasteiger partial charge in [-0.05, 0) is 42.0 Å². The Balaban J connectivity index is 1.69. The molecule has 0 aliphatic carbocycles. The highest BCUT2D eigenvalue weighted by Crippen LogP contribution is 2.32. The minimum atomic E-state index is -0.0915. The molecule has 1 aliphatic rings. The van der Waals surface area contributed by atoms with E-state index in [1.54, 1.807) is 17.0 Å². The van der Waals surface area contributed by atoms with Crippen LogP contribution in [0.25, 0.3) is 6.08 Å². The smallest absolute Gasteiger partial charge is 0.267 e. The third-order valence-electron chi connectivity index (χ3n) is 3.85. The largest absolute Gasteiger partial charge is 0.378 e. The van der Waals surface area contributed by atoms with Crippen LogP contribution in [-0.2, 0) is 4.79 Å². The molecule has 0 aromatic heterocycles. The summed E-state index contributed by atoms with van der Waals surface area (Å²) in [6, 6.07) is 15.4. The number of thioether (sulfide) groups is 1. The molecule has 0 unspecified atom stereocenters. The van der Waals surface area contributed by atoms with E-state index >= 15 is 0 Å². The van der Waals surface area contributed by atoms with Gasteiger partial charge < -0.3 is 10.2 Å². The summed E-state index contributed by atoms with van der Waals surface area (Å²) in [5, 5.41) is 3.82. The van der Waals surface area contributed by atoms with Gasteiger partial charge in [0.2, 0.25) is 0 Å². The topological polar surface area (TPSA) is 35.6 Å². The van der Waals surface area contributed by atoms with Crippen molar-refractivity contribution in [2.24, 2.45) is 0 Å². The van der Waals surface area contributed by atoms with Crippen molar-refractivity contribution in [1.82, 2.24) is 4.90 Å². The second-order valence-corrected chi connectivity index (χ2v) is 8.05. The Labute approximate surface area is 167 Å². The maximum atomic E-state index is 12.7. The van der Waals surface area contributed by atoms with Crippen molar-refractivity contribution in [1.29, 1.82) is 0 Å². The van der Waals surface area contributed by atoms with Gasteiger partial charge in [0, 0.05) is 30.5 Å². The molecular formula is C19H18ClN3OS2. The number of benzene rings is 2. The van der Waals surface area contributed by atoms with Crippen LogP contribution in [0.4, 0.5) is 11.4 Å². The average Bonchev–Trinajstić information content (AvgIpc) is 2.87. The molecule has 2 aromatic rings. The molecular weight excluding hydrogens is 386 g/mol. The summed E-state index contributed by atoms with van der Waals surface area (Å²) in [7, 11) is 3.99. The Kier molecular flexibility index (Phi) is 5.86. The van der Waals surface area contributed by atoms with Crippen molar-refractivity contribution in [3.63, 3.8) is 0 Å². The highest BCUT2D eigenvalue weighted by molar-refractivity contribution is 8.26. The van der Waals surface area contributed by atoms with E-state index in [9.17, 15) is 4.79 Å². The molecule has 26 heavy (non-hydrogen) atoms. The van der Waals surface area contributed by atoms with Crippen LogP contribution < -0.4 is 10.2 Å². The van der Waals surface area contributed by atoms with Crippen molar-refractivity contribution < 1.29 is 4.79 Å². The van der Waals surface area contributed by atoms with Crippen LogP contribution in [0.3, 0.4) is 0 Å². The first kappa shape index (κ1) is 18.8. The van der Waals surface area contributed by atoms with Crippen LogP contribution in [0.1, 0.15) is 5.56 Å². The molecule has 134 valence electrons. The summed E-state index contributed by atoms with van der Waals surface area (Å²) < 4.78 is 0.542. The van der Waals surface area contributed by atoms with Crippen LogP contribution in [0.2, 0.25) is 5.02 Å². The number of carbonyl (C=O) groups is 1. The molecule has 0 atom stereocenters. The molecule has 0 spiro atoms. The predicted molar refractivity (Wildman–Crippen MR) is 116 cm³/mol. The lowest BCUT2D eigenvalue weighted by Crippen LogP contribution is -2.33. The molecule has 1 fully saturated rings. The van der Waals surface area contributed by atoms with Gasteiger partial charge in [0.15, 0.2) is 0 Å². The Morgan fingerprint density at radius 2 is 1.96 bits per heavy atom. The molecule has 1 aliphatic heterocycles. The minimum Gasteiger partial charge on any atom is -0.378 e. The number of nitrogens with zero attached hydrogens (tertiary/aromatic N) is 2. The van der Waals surface area contributed by atoms with Gasteiger partial charge in [-0.2, -0.15) is 0 Å². The van der Waals surface area contributed by atoms with Gasteiger partial charge in [-0.15, -0.1) is 0 Å². The Hall–Kier alpha value is -2.02. The molecule has 0 saturated carbocycles. The van der Waals surface area contributed by atoms with Crippen LogP contribution in [-0.4, -0.2) is 35.9 Å². The number of amides is 1. The lowest BCUT2D eigenvalue weighted by Gasteiger charge is -2.16. The zero-order chi connectivity index (χ0) is 18.7. The molecule has 7 heteroatoms. The highest BCUT2D eigenvalue weighted by Gasteiger charge is 2.31. The highest BCUT2D eigenvalue weighted by atomic mass is 35.5. The standard InChI is InChI=1S/C19H18ClN3OS2/c1-22(2)16-8-6-13(7-9-16)10-17-18(24)23(19(25)26-17)12-21-15-5-3-4-14(20)11-15/h3-11,21H,12H2,1-2H3. The molecule has 1 heterocycles.